The van der Waals surface area contributed by atoms with E-state index in [1.807, 2.05) is 222 Å². The molecule has 1 N–H and O–H groups in total. The van der Waals surface area contributed by atoms with E-state index in [2.05, 4.69) is 37.4 Å². The summed E-state index contributed by atoms with van der Waals surface area (Å²) in [5, 5.41) is 3.81. The third-order valence-electron chi connectivity index (χ3n) is 19.6. The summed E-state index contributed by atoms with van der Waals surface area (Å²) in [6, 6.07) is 22.0. The molecule has 0 atom stereocenters. The number of aromatic nitrogens is 12. The van der Waals surface area contributed by atoms with Crippen LogP contribution in [-0.2, 0) is 18.8 Å². The molecule has 0 saturated carbocycles. The van der Waals surface area contributed by atoms with Gasteiger partial charge in [0.25, 0.3) is 16.7 Å². The quantitative estimate of drug-likeness (QED) is 0.152. The highest BCUT2D eigenvalue weighted by molar-refractivity contribution is 6.54. The average Bonchev–Trinajstić information content (AvgIpc) is 1.45. The minimum absolute atomic E-state index is 0.0716. The van der Waals surface area contributed by atoms with Crippen molar-refractivity contribution in [3.8, 4) is 33.8 Å². The normalized spacial score (nSPS) is 15.8. The molecular weight excluding hydrogens is 1390 g/mol. The molecule has 0 unspecified atom stereocenters. The molecule has 0 aliphatic carbocycles. The average molecular weight is 1480 g/mol. The molecular formula is C82H91BClN15O9. The SMILES string of the molecule is CC(C)(C)OC(=O)N1CC=C(B2OC(C)(C)C(C)(C)O2)CC1.Cc1cn2cc(-c3cc(=O)n4cc(C5=CCN(C(=O)OC(C)(C)C)CC5)ccc4n3)cc2c(C)n1.Cc1cn2cc(-c3cc(=O)n4cc(C5=CCNCC5)ccc4n3)cc2c(C)n1.Cc1cn2cc(-c3cc(=O)n4cc(Cl)ccc4n3)cc2c(C)n1. The second kappa shape index (κ2) is 29.7. The number of rotatable bonds is 6. The van der Waals surface area contributed by atoms with Crippen molar-refractivity contribution in [2.24, 2.45) is 0 Å². The maximum atomic E-state index is 13.0. The molecule has 26 heteroatoms. The van der Waals surface area contributed by atoms with Crippen LogP contribution in [0, 0.1) is 41.5 Å². The summed E-state index contributed by atoms with van der Waals surface area (Å²) >= 11 is 5.94. The zero-order chi connectivity index (χ0) is 77.1. The van der Waals surface area contributed by atoms with E-state index in [0.717, 1.165) is 116 Å². The van der Waals surface area contributed by atoms with Gasteiger partial charge in [-0.25, -0.2) is 24.5 Å². The number of aryl methyl sites for hydroxylation is 6. The van der Waals surface area contributed by atoms with Crippen LogP contribution in [0.2, 0.25) is 5.02 Å². The number of ether oxygens (including phenoxy) is 2. The number of carbonyl (C=O) groups excluding carboxylic acids is 2. The van der Waals surface area contributed by atoms with E-state index < -0.39 is 11.2 Å². The van der Waals surface area contributed by atoms with Gasteiger partial charge in [-0.15, -0.1) is 0 Å². The molecule has 1 fully saturated rings. The number of fused-ring (bicyclic) bond motifs is 6. The van der Waals surface area contributed by atoms with Crippen molar-refractivity contribution in [3.63, 3.8) is 0 Å². The van der Waals surface area contributed by atoms with Gasteiger partial charge in [-0.2, -0.15) is 0 Å². The molecule has 1 saturated heterocycles. The Morgan fingerprint density at radius 2 is 0.861 bits per heavy atom. The molecule has 12 aromatic rings. The van der Waals surface area contributed by atoms with Crippen LogP contribution in [0.1, 0.15) is 134 Å². The number of halogens is 1. The third-order valence-corrected chi connectivity index (χ3v) is 19.8. The molecule has 12 aromatic heterocycles. The van der Waals surface area contributed by atoms with Gasteiger partial charge in [-0.3, -0.25) is 42.5 Å². The first kappa shape index (κ1) is 75.4. The number of pyridine rings is 3. The van der Waals surface area contributed by atoms with Gasteiger partial charge < -0.3 is 47.1 Å². The predicted molar refractivity (Wildman–Crippen MR) is 423 cm³/mol. The number of hydrogen-bond acceptors (Lipinski definition) is 16. The van der Waals surface area contributed by atoms with Crippen LogP contribution in [0.4, 0.5) is 9.59 Å². The standard InChI is InChI=1S/C27H29N5O3.C22H21N5O.C17H13ClN4O.C16H28BNO4/c1-17-14-31-15-21(12-23(31)18(2)28-17)22-13-25(33)32-16-20(6-7-24(32)29-22)19-8-10-30(11-9-19)26(34)35-27(3,4)5;1-14-11-26-12-18(9-20(26)15(2)24-14)19-10-22(28)27-13-17(3-4-21(27)25-19)16-5-7-23-8-6-16;1-10-7-21-8-12(5-15(21)11(2)19-10)14-6-17(23)22-9-13(18)3-4-16(22)20-14;1-14(2,3)20-13(19)18-10-8-12(9-11-18)17-21-15(4,5)16(6,7)22-17/h6-8,12-16H,9-11H2,1-5H3;3-5,9-13,23H,6-8H2,1-2H3;3-9H,1-2H3;8H,9-11H2,1-7H3. The van der Waals surface area contributed by atoms with Gasteiger partial charge in [0.05, 0.1) is 84.0 Å². The molecule has 16 heterocycles. The number of carbonyl (C=O) groups is 2. The van der Waals surface area contributed by atoms with E-state index in [-0.39, 0.29) is 47.2 Å². The minimum Gasteiger partial charge on any atom is -0.444 e. The maximum absolute atomic E-state index is 13.0. The smallest absolute Gasteiger partial charge is 0.444 e. The lowest BCUT2D eigenvalue weighted by molar-refractivity contribution is 0.00578. The van der Waals surface area contributed by atoms with Crippen LogP contribution in [0.25, 0.3) is 78.4 Å². The van der Waals surface area contributed by atoms with E-state index in [9.17, 15) is 24.0 Å². The molecule has 108 heavy (non-hydrogen) atoms. The van der Waals surface area contributed by atoms with Gasteiger partial charge in [-0.05, 0) is 219 Å². The lowest BCUT2D eigenvalue weighted by Crippen LogP contribution is -2.41. The molecule has 2 amide bonds. The van der Waals surface area contributed by atoms with Gasteiger partial charge in [0, 0.05) is 123 Å². The summed E-state index contributed by atoms with van der Waals surface area (Å²) in [6.07, 6.45) is 25.2. The maximum Gasteiger partial charge on any atom is 0.490 e. The highest BCUT2D eigenvalue weighted by Gasteiger charge is 2.52. The Balaban J connectivity index is 0.000000129. The first-order chi connectivity index (χ1) is 51.1. The van der Waals surface area contributed by atoms with Crippen molar-refractivity contribution >= 4 is 75.5 Å². The zero-order valence-electron chi connectivity index (χ0n) is 64.1. The van der Waals surface area contributed by atoms with Gasteiger partial charge in [-0.1, -0.05) is 29.8 Å². The first-order valence-electron chi connectivity index (χ1n) is 36.3. The summed E-state index contributed by atoms with van der Waals surface area (Å²) in [5.41, 5.74) is 18.6. The van der Waals surface area contributed by atoms with Crippen LogP contribution in [0.15, 0.2) is 167 Å². The van der Waals surface area contributed by atoms with Crippen LogP contribution in [0.3, 0.4) is 0 Å². The van der Waals surface area contributed by atoms with Crippen molar-refractivity contribution in [2.45, 2.75) is 152 Å². The molecule has 24 nitrogen and oxygen atoms in total. The molecule has 558 valence electrons. The van der Waals surface area contributed by atoms with E-state index in [1.165, 1.54) is 16.0 Å². The van der Waals surface area contributed by atoms with E-state index >= 15 is 0 Å². The molecule has 0 bridgehead atoms. The second-order valence-corrected chi connectivity index (χ2v) is 31.3. The Morgan fingerprint density at radius 3 is 1.23 bits per heavy atom. The predicted octanol–water partition coefficient (Wildman–Crippen LogP) is 14.1. The molecule has 0 radical (unpaired) electrons. The Kier molecular flexibility index (Phi) is 20.7. The van der Waals surface area contributed by atoms with Gasteiger partial charge in [0.2, 0.25) is 0 Å². The lowest BCUT2D eigenvalue weighted by atomic mass is 9.75. The number of nitrogens with zero attached hydrogens (tertiary/aromatic N) is 14. The summed E-state index contributed by atoms with van der Waals surface area (Å²) in [7, 11) is -0.314. The lowest BCUT2D eigenvalue weighted by Gasteiger charge is -2.32. The van der Waals surface area contributed by atoms with E-state index in [1.54, 1.807) is 49.1 Å². The Labute approximate surface area is 631 Å². The van der Waals surface area contributed by atoms with E-state index in [4.69, 9.17) is 40.4 Å². The fourth-order valence-corrected chi connectivity index (χ4v) is 13.7. The topological polar surface area (TPSA) is 245 Å². The summed E-state index contributed by atoms with van der Waals surface area (Å²) in [6.45, 7) is 35.3. The fourth-order valence-electron chi connectivity index (χ4n) is 13.5. The number of amides is 2. The second-order valence-electron chi connectivity index (χ2n) is 30.9. The highest BCUT2D eigenvalue weighted by Crippen LogP contribution is 2.40. The molecule has 4 aliphatic rings. The summed E-state index contributed by atoms with van der Waals surface area (Å²) in [5.74, 6) is 0. The Hall–Kier alpha value is -10.9. The van der Waals surface area contributed by atoms with Gasteiger partial charge in [0.15, 0.2) is 0 Å². The Bertz CT molecular complexity index is 5830. The third kappa shape index (κ3) is 16.6. The molecule has 4 aliphatic heterocycles. The zero-order valence-corrected chi connectivity index (χ0v) is 64.9. The summed E-state index contributed by atoms with van der Waals surface area (Å²) < 4.78 is 33.7. The fraction of sp³-hybridized carbons (Fsp3) is 0.354. The van der Waals surface area contributed by atoms with Gasteiger partial charge in [0.1, 0.15) is 28.1 Å². The van der Waals surface area contributed by atoms with Crippen LogP contribution < -0.4 is 22.0 Å². The molecule has 0 aromatic carbocycles. The monoisotopic (exact) mass is 1480 g/mol. The van der Waals surface area contributed by atoms with E-state index in [0.29, 0.717) is 71.6 Å². The Morgan fingerprint density at radius 1 is 0.472 bits per heavy atom. The number of hydrogen-bond donors (Lipinski definition) is 1. The molecule has 0 spiro atoms. The first-order valence-corrected chi connectivity index (χ1v) is 36.7. The van der Waals surface area contributed by atoms with Gasteiger partial charge >= 0.3 is 19.3 Å². The molecule has 16 rings (SSSR count). The van der Waals surface area contributed by atoms with Crippen molar-refractivity contribution in [1.82, 2.24) is 71.4 Å². The minimum atomic E-state index is -0.519. The van der Waals surface area contributed by atoms with Crippen LogP contribution >= 0.6 is 11.6 Å². The van der Waals surface area contributed by atoms with Crippen molar-refractivity contribution in [2.75, 3.05) is 39.3 Å². The largest absolute Gasteiger partial charge is 0.490 e. The summed E-state index contributed by atoms with van der Waals surface area (Å²) in [4.78, 5) is 93.5. The number of nitrogens with one attached hydrogen (secondary N) is 1. The van der Waals surface area contributed by atoms with Crippen molar-refractivity contribution in [1.29, 1.82) is 0 Å². The van der Waals surface area contributed by atoms with Crippen LogP contribution in [-0.4, -0.2) is 147 Å². The highest BCUT2D eigenvalue weighted by atomic mass is 35.5. The van der Waals surface area contributed by atoms with Crippen molar-refractivity contribution < 1.29 is 28.4 Å². The van der Waals surface area contributed by atoms with Crippen LogP contribution in [0.5, 0.6) is 0 Å². The van der Waals surface area contributed by atoms with Crippen molar-refractivity contribution in [3.05, 3.63) is 234 Å².